The molecule has 0 aliphatic rings. The van der Waals surface area contributed by atoms with Gasteiger partial charge in [0.05, 0.1) is 0 Å². The summed E-state index contributed by atoms with van der Waals surface area (Å²) in [6, 6.07) is 21.5. The molecule has 0 amide bonds. The van der Waals surface area contributed by atoms with E-state index in [-0.39, 0.29) is 0 Å². The smallest absolute Gasteiger partial charge is 0.512 e. The Balaban J connectivity index is 2.10. The zero-order chi connectivity index (χ0) is 13.9. The lowest BCUT2D eigenvalue weighted by atomic mass is 10.0. The van der Waals surface area contributed by atoms with Crippen molar-refractivity contribution in [3.05, 3.63) is 66.7 Å². The summed E-state index contributed by atoms with van der Waals surface area (Å²) in [5, 5.41) is 20.3. The molecule has 0 saturated carbocycles. The predicted octanol–water partition coefficient (Wildman–Crippen LogP) is 2.86. The fourth-order valence-electron chi connectivity index (χ4n) is 2.28. The monoisotopic (exact) mass is 264 g/mol. The van der Waals surface area contributed by atoms with Crippen molar-refractivity contribution in [1.82, 2.24) is 0 Å². The van der Waals surface area contributed by atoms with Gasteiger partial charge in [-0.2, -0.15) is 0 Å². The molecule has 0 radical (unpaired) electrons. The Bertz CT molecular complexity index is 740. The molecule has 3 rings (SSSR count). The Morgan fingerprint density at radius 2 is 1.45 bits per heavy atom. The molecule has 3 aromatic carbocycles. The number of benzene rings is 3. The average Bonchev–Trinajstić information content (AvgIpc) is 2.47. The summed E-state index contributed by atoms with van der Waals surface area (Å²) in [4.78, 5) is 0. The van der Waals surface area contributed by atoms with Crippen molar-refractivity contribution >= 4 is 18.1 Å². The molecular formula is C16H13BO3. The largest absolute Gasteiger partial charge is 0.707 e. The molecule has 0 bridgehead atoms. The van der Waals surface area contributed by atoms with Gasteiger partial charge in [0.25, 0.3) is 0 Å². The second-order valence-corrected chi connectivity index (χ2v) is 4.50. The van der Waals surface area contributed by atoms with Crippen LogP contribution in [0.3, 0.4) is 0 Å². The Labute approximate surface area is 117 Å². The molecule has 0 atom stereocenters. The van der Waals surface area contributed by atoms with E-state index in [0.717, 1.165) is 21.9 Å². The number of fused-ring (bicyclic) bond motifs is 1. The molecule has 0 spiro atoms. The average molecular weight is 264 g/mol. The van der Waals surface area contributed by atoms with Crippen LogP contribution in [0.4, 0.5) is 0 Å². The summed E-state index contributed by atoms with van der Waals surface area (Å²) in [5.41, 5.74) is 1.80. The van der Waals surface area contributed by atoms with E-state index in [2.05, 4.69) is 12.1 Å². The van der Waals surface area contributed by atoms with Gasteiger partial charge in [-0.05, 0) is 28.5 Å². The highest BCUT2D eigenvalue weighted by molar-refractivity contribution is 6.34. The van der Waals surface area contributed by atoms with Crippen LogP contribution in [0.15, 0.2) is 66.7 Å². The topological polar surface area (TPSA) is 49.7 Å². The highest BCUT2D eigenvalue weighted by Gasteiger charge is 2.14. The van der Waals surface area contributed by atoms with Crippen LogP contribution in [0, 0.1) is 0 Å². The minimum Gasteiger partial charge on any atom is -0.512 e. The van der Waals surface area contributed by atoms with Crippen molar-refractivity contribution in [3.8, 4) is 16.9 Å². The third-order valence-electron chi connectivity index (χ3n) is 3.18. The maximum Gasteiger partial charge on any atom is 0.707 e. The molecular weight excluding hydrogens is 251 g/mol. The second kappa shape index (κ2) is 5.37. The van der Waals surface area contributed by atoms with Gasteiger partial charge in [-0.1, -0.05) is 54.6 Å². The van der Waals surface area contributed by atoms with E-state index in [9.17, 15) is 0 Å². The fraction of sp³-hybridized carbons (Fsp3) is 0. The zero-order valence-corrected chi connectivity index (χ0v) is 10.7. The molecule has 0 aliphatic carbocycles. The highest BCUT2D eigenvalue weighted by atomic mass is 16.6. The summed E-state index contributed by atoms with van der Waals surface area (Å²) in [5.74, 6) is 0.442. The highest BCUT2D eigenvalue weighted by Crippen LogP contribution is 2.31. The molecule has 4 heteroatoms. The van der Waals surface area contributed by atoms with Crippen molar-refractivity contribution in [2.45, 2.75) is 0 Å². The maximum absolute atomic E-state index is 8.98. The number of rotatable bonds is 3. The van der Waals surface area contributed by atoms with Gasteiger partial charge in [0.15, 0.2) is 0 Å². The van der Waals surface area contributed by atoms with Gasteiger partial charge in [-0.15, -0.1) is 0 Å². The third kappa shape index (κ3) is 2.52. The summed E-state index contributed by atoms with van der Waals surface area (Å²) < 4.78 is 5.02. The second-order valence-electron chi connectivity index (χ2n) is 4.50. The SMILES string of the molecule is OB(O)Oc1ccccc1-c1ccc2ccccc2c1. The summed E-state index contributed by atoms with van der Waals surface area (Å²) in [6.45, 7) is 0. The van der Waals surface area contributed by atoms with Gasteiger partial charge in [0.2, 0.25) is 0 Å². The maximum atomic E-state index is 8.98. The van der Waals surface area contributed by atoms with E-state index < -0.39 is 7.32 Å². The Morgan fingerprint density at radius 1 is 0.750 bits per heavy atom. The summed E-state index contributed by atoms with van der Waals surface area (Å²) in [6.07, 6.45) is 0. The van der Waals surface area contributed by atoms with Crippen molar-refractivity contribution in [2.24, 2.45) is 0 Å². The van der Waals surface area contributed by atoms with Crippen molar-refractivity contribution in [1.29, 1.82) is 0 Å². The lowest BCUT2D eigenvalue weighted by Gasteiger charge is -2.11. The van der Waals surface area contributed by atoms with Crippen LogP contribution >= 0.6 is 0 Å². The Kier molecular flexibility index (Phi) is 3.42. The van der Waals surface area contributed by atoms with Gasteiger partial charge in [0.1, 0.15) is 5.75 Å². The van der Waals surface area contributed by atoms with Crippen LogP contribution in [0.1, 0.15) is 0 Å². The number of para-hydroxylation sites is 1. The van der Waals surface area contributed by atoms with Gasteiger partial charge >= 0.3 is 7.32 Å². The molecule has 0 unspecified atom stereocenters. The van der Waals surface area contributed by atoms with Gasteiger partial charge in [-0.25, -0.2) is 0 Å². The minimum absolute atomic E-state index is 0.442. The fourth-order valence-corrected chi connectivity index (χ4v) is 2.28. The van der Waals surface area contributed by atoms with E-state index in [1.807, 2.05) is 42.5 Å². The van der Waals surface area contributed by atoms with E-state index in [1.165, 1.54) is 0 Å². The van der Waals surface area contributed by atoms with E-state index in [1.54, 1.807) is 12.1 Å². The third-order valence-corrected chi connectivity index (χ3v) is 3.18. The van der Waals surface area contributed by atoms with Gasteiger partial charge in [0, 0.05) is 5.56 Å². The molecule has 20 heavy (non-hydrogen) atoms. The Hall–Kier alpha value is -2.30. The molecule has 0 fully saturated rings. The van der Waals surface area contributed by atoms with Crippen LogP contribution in [0.2, 0.25) is 0 Å². The van der Waals surface area contributed by atoms with Crippen LogP contribution in [-0.4, -0.2) is 17.4 Å². The first-order valence-electron chi connectivity index (χ1n) is 6.35. The molecule has 0 heterocycles. The number of hydrogen-bond donors (Lipinski definition) is 2. The molecule has 0 aliphatic heterocycles. The zero-order valence-electron chi connectivity index (χ0n) is 10.7. The van der Waals surface area contributed by atoms with Crippen LogP contribution < -0.4 is 4.65 Å². The predicted molar refractivity (Wildman–Crippen MR) is 80.2 cm³/mol. The Morgan fingerprint density at radius 3 is 2.25 bits per heavy atom. The van der Waals surface area contributed by atoms with Gasteiger partial charge < -0.3 is 14.7 Å². The van der Waals surface area contributed by atoms with E-state index >= 15 is 0 Å². The van der Waals surface area contributed by atoms with Crippen molar-refractivity contribution < 1.29 is 14.7 Å². The first kappa shape index (κ1) is 12.7. The normalized spacial score (nSPS) is 10.5. The molecule has 3 nitrogen and oxygen atoms in total. The quantitative estimate of drug-likeness (QED) is 0.715. The summed E-state index contributed by atoms with van der Waals surface area (Å²) in [7, 11) is -1.82. The van der Waals surface area contributed by atoms with Crippen LogP contribution in [0.5, 0.6) is 5.75 Å². The first-order chi connectivity index (χ1) is 9.74. The van der Waals surface area contributed by atoms with Gasteiger partial charge in [-0.3, -0.25) is 0 Å². The van der Waals surface area contributed by atoms with E-state index in [4.69, 9.17) is 14.7 Å². The van der Waals surface area contributed by atoms with Crippen LogP contribution in [0.25, 0.3) is 21.9 Å². The standard InChI is InChI=1S/C16H13BO3/c18-17(19)20-16-8-4-3-7-15(16)14-10-9-12-5-1-2-6-13(12)11-14/h1-11,18-19H. The molecule has 3 aromatic rings. The summed E-state index contributed by atoms with van der Waals surface area (Å²) >= 11 is 0. The number of hydrogen-bond acceptors (Lipinski definition) is 3. The molecule has 2 N–H and O–H groups in total. The van der Waals surface area contributed by atoms with Crippen molar-refractivity contribution in [3.63, 3.8) is 0 Å². The molecule has 0 aromatic heterocycles. The first-order valence-corrected chi connectivity index (χ1v) is 6.35. The molecule has 98 valence electrons. The lowest BCUT2D eigenvalue weighted by molar-refractivity contribution is 0.288. The lowest BCUT2D eigenvalue weighted by Crippen LogP contribution is -2.20. The van der Waals surface area contributed by atoms with Crippen molar-refractivity contribution in [2.75, 3.05) is 0 Å². The molecule has 0 saturated heterocycles. The minimum atomic E-state index is -1.82. The van der Waals surface area contributed by atoms with E-state index in [0.29, 0.717) is 5.75 Å². The van der Waals surface area contributed by atoms with Crippen LogP contribution in [-0.2, 0) is 0 Å².